The molecule has 13 heteroatoms. The van der Waals surface area contributed by atoms with E-state index in [1.54, 1.807) is 39.8 Å². The van der Waals surface area contributed by atoms with Gasteiger partial charge in [-0.2, -0.15) is 0 Å². The molecule has 5 bridgehead atoms. The summed E-state index contributed by atoms with van der Waals surface area (Å²) in [6.45, 7) is 12.3. The molecule has 0 unspecified atom stereocenters. The van der Waals surface area contributed by atoms with E-state index >= 15 is 0 Å². The summed E-state index contributed by atoms with van der Waals surface area (Å²) in [5.41, 5.74) is -1.31. The molecule has 1 aliphatic carbocycles. The number of methoxy groups -OCH3 is 1. The van der Waals surface area contributed by atoms with Crippen molar-refractivity contribution in [3.8, 4) is 11.5 Å². The second-order valence-electron chi connectivity index (χ2n) is 13.4. The van der Waals surface area contributed by atoms with Gasteiger partial charge in [0.15, 0.2) is 5.78 Å². The number of aliphatic hydroxyl groups excluding tert-OH is 2. The third-order valence-corrected chi connectivity index (χ3v) is 9.80. The first-order valence-corrected chi connectivity index (χ1v) is 16.4. The molecule has 5 rings (SSSR count). The van der Waals surface area contributed by atoms with Gasteiger partial charge in [0, 0.05) is 61.8 Å². The molecule has 0 spiro atoms. The van der Waals surface area contributed by atoms with Crippen molar-refractivity contribution in [1.82, 2.24) is 5.32 Å². The van der Waals surface area contributed by atoms with Crippen LogP contribution in [0.15, 0.2) is 47.9 Å². The van der Waals surface area contributed by atoms with Crippen LogP contribution in [0.4, 0.5) is 0 Å². The second kappa shape index (κ2) is 14.7. The zero-order valence-electron chi connectivity index (χ0n) is 29.6. The number of aliphatic hydroxyl groups is 2. The first-order chi connectivity index (χ1) is 23.4. The van der Waals surface area contributed by atoms with Crippen LogP contribution in [-0.2, 0) is 23.8 Å². The Balaban J connectivity index is 1.83. The van der Waals surface area contributed by atoms with E-state index in [0.717, 1.165) is 12.3 Å². The first-order valence-electron chi connectivity index (χ1n) is 16.4. The maximum Gasteiger partial charge on any atom is 0.312 e. The number of amides is 1. The predicted molar refractivity (Wildman–Crippen MR) is 179 cm³/mol. The van der Waals surface area contributed by atoms with Gasteiger partial charge >= 0.3 is 11.8 Å². The lowest BCUT2D eigenvalue weighted by molar-refractivity contribution is -0.160. The monoisotopic (exact) mass is 695 g/mol. The minimum Gasteiger partial charge on any atom is -0.507 e. The van der Waals surface area contributed by atoms with E-state index in [2.05, 4.69) is 5.32 Å². The van der Waals surface area contributed by atoms with E-state index in [1.807, 2.05) is 0 Å². The molecule has 4 aliphatic rings. The van der Waals surface area contributed by atoms with Gasteiger partial charge in [-0.05, 0) is 19.9 Å². The van der Waals surface area contributed by atoms with E-state index in [9.17, 15) is 39.3 Å². The fourth-order valence-electron chi connectivity index (χ4n) is 6.62. The number of ketones is 3. The highest BCUT2D eigenvalue weighted by atomic mass is 16.7. The number of carbonyl (C=O) groups excluding carboxylic acids is 5. The summed E-state index contributed by atoms with van der Waals surface area (Å²) in [5, 5.41) is 36.1. The van der Waals surface area contributed by atoms with Gasteiger partial charge in [0.25, 0.3) is 11.7 Å². The first kappa shape index (κ1) is 38.2. The fraction of sp³-hybridized carbons (Fsp3) is 0.486. The molecule has 9 atom stereocenters. The summed E-state index contributed by atoms with van der Waals surface area (Å²) in [6, 6.07) is 0. The van der Waals surface area contributed by atoms with Gasteiger partial charge < -0.3 is 39.6 Å². The lowest BCUT2D eigenvalue weighted by Crippen LogP contribution is -2.46. The number of aromatic hydroxyl groups is 1. The van der Waals surface area contributed by atoms with Gasteiger partial charge in [-0.3, -0.25) is 24.0 Å². The Morgan fingerprint density at radius 1 is 0.940 bits per heavy atom. The number of carbonyl (C=O) groups is 5. The summed E-state index contributed by atoms with van der Waals surface area (Å²) < 4.78 is 23.1. The van der Waals surface area contributed by atoms with Crippen LogP contribution in [0.1, 0.15) is 85.1 Å². The molecule has 270 valence electrons. The largest absolute Gasteiger partial charge is 0.507 e. The highest BCUT2D eigenvalue weighted by molar-refractivity contribution is 6.30. The van der Waals surface area contributed by atoms with Gasteiger partial charge in [0.05, 0.1) is 47.0 Å². The molecule has 4 N–H and O–H groups in total. The SMILES string of the molecule is CO[C@@H]1/C=C\O[C@@]2(C)Oc3c(C)c(O)c4c(c3C2=O)C(=O)C=C(NC(=O)/C(C)=C\C=C\[C@H](C)[C@H](O)[C@H](C)[C@H](O)[C@H](C)[C@@H](OC(C)=O)[C@H]1C)C4=O. The molecular formula is C37H45NO12. The number of hydrogen-bond donors (Lipinski definition) is 4. The fourth-order valence-corrected chi connectivity index (χ4v) is 6.62. The summed E-state index contributed by atoms with van der Waals surface area (Å²) in [4.78, 5) is 66.2. The van der Waals surface area contributed by atoms with E-state index in [4.69, 9.17) is 18.9 Å². The van der Waals surface area contributed by atoms with Crippen molar-refractivity contribution in [3.05, 3.63) is 70.2 Å². The molecule has 1 amide bonds. The minimum atomic E-state index is -2.03. The number of fused-ring (bicyclic) bond motifs is 14. The Kier molecular flexibility index (Phi) is 11.2. The summed E-state index contributed by atoms with van der Waals surface area (Å²) in [7, 11) is 1.42. The average molecular weight is 696 g/mol. The zero-order valence-corrected chi connectivity index (χ0v) is 29.6. The molecule has 0 saturated carbocycles. The van der Waals surface area contributed by atoms with Crippen LogP contribution in [0.5, 0.6) is 11.5 Å². The van der Waals surface area contributed by atoms with Crippen molar-refractivity contribution in [2.24, 2.45) is 23.7 Å². The van der Waals surface area contributed by atoms with Gasteiger partial charge in [-0.25, -0.2) is 0 Å². The number of Topliss-reactive ketones (excluding diaryl/α,β-unsaturated/α-hetero) is 2. The van der Waals surface area contributed by atoms with Crippen LogP contribution in [0.25, 0.3) is 0 Å². The minimum absolute atomic E-state index is 0.00885. The molecule has 50 heavy (non-hydrogen) atoms. The highest BCUT2D eigenvalue weighted by Gasteiger charge is 2.51. The van der Waals surface area contributed by atoms with Crippen molar-refractivity contribution in [1.29, 1.82) is 0 Å². The van der Waals surface area contributed by atoms with Gasteiger partial charge in [-0.1, -0.05) is 45.9 Å². The molecule has 13 nitrogen and oxygen atoms in total. The number of hydrogen-bond acceptors (Lipinski definition) is 12. The third-order valence-electron chi connectivity index (χ3n) is 9.80. The van der Waals surface area contributed by atoms with E-state index < -0.39 is 100 Å². The van der Waals surface area contributed by atoms with Gasteiger partial charge in [0.1, 0.15) is 17.6 Å². The quantitative estimate of drug-likeness (QED) is 0.329. The number of rotatable bonds is 2. The van der Waals surface area contributed by atoms with Crippen LogP contribution in [0, 0.1) is 30.6 Å². The number of ether oxygens (including phenoxy) is 4. The Bertz CT molecular complexity index is 1720. The van der Waals surface area contributed by atoms with E-state index in [0.29, 0.717) is 0 Å². The summed E-state index contributed by atoms with van der Waals surface area (Å²) in [6.07, 6.45) is 4.31. The molecular weight excluding hydrogens is 650 g/mol. The van der Waals surface area contributed by atoms with Crippen molar-refractivity contribution in [3.63, 3.8) is 0 Å². The standard InChI is InChI=1S/C37H45NO12/c1-16-11-10-12-17(2)36(46)38-23-15-24(40)26-27(32(23)44)31(43)21(6)34-28(26)35(45)37(8,50-34)48-14-13-25(47-9)18(3)33(49-22(7)39)20(5)30(42)19(4)29(16)41/h10-16,18-20,25,29-30,33,41-43H,1-9H3,(H,38,46)/b11-10+,14-13-,17-12-/t16-,18-,19-,20-,25+,29-,30-,33-,37-/m0/s1. The molecule has 1 aromatic carbocycles. The van der Waals surface area contributed by atoms with Crippen molar-refractivity contribution >= 4 is 29.2 Å². The smallest absolute Gasteiger partial charge is 0.312 e. The molecule has 0 saturated heterocycles. The van der Waals surface area contributed by atoms with Crippen LogP contribution in [0.3, 0.4) is 0 Å². The maximum absolute atomic E-state index is 13.9. The third kappa shape index (κ3) is 7.03. The maximum atomic E-state index is 13.9. The van der Waals surface area contributed by atoms with Crippen molar-refractivity contribution < 1.29 is 58.2 Å². The van der Waals surface area contributed by atoms with Gasteiger partial charge in [-0.15, -0.1) is 0 Å². The Hall–Kier alpha value is -4.59. The number of allylic oxidation sites excluding steroid dienone is 4. The molecule has 0 radical (unpaired) electrons. The van der Waals surface area contributed by atoms with E-state index in [-0.39, 0.29) is 28.0 Å². The Labute approximate surface area is 290 Å². The van der Waals surface area contributed by atoms with Crippen molar-refractivity contribution in [2.75, 3.05) is 7.11 Å². The predicted octanol–water partition coefficient (Wildman–Crippen LogP) is 3.63. The summed E-state index contributed by atoms with van der Waals surface area (Å²) in [5.74, 6) is -8.99. The second-order valence-corrected chi connectivity index (χ2v) is 13.4. The zero-order chi connectivity index (χ0) is 37.4. The lowest BCUT2D eigenvalue weighted by atomic mass is 9.78. The average Bonchev–Trinajstić information content (AvgIpc) is 3.33. The summed E-state index contributed by atoms with van der Waals surface area (Å²) >= 11 is 0. The molecule has 3 aliphatic heterocycles. The molecule has 3 heterocycles. The number of phenols is 1. The van der Waals surface area contributed by atoms with E-state index in [1.165, 1.54) is 47.0 Å². The number of nitrogens with one attached hydrogen (secondary N) is 1. The normalized spacial score (nSPS) is 34.5. The topological polar surface area (TPSA) is 195 Å². The number of benzene rings is 1. The number of phenolic OH excluding ortho intramolecular Hbond substituents is 1. The van der Waals surface area contributed by atoms with Gasteiger partial charge in [0.2, 0.25) is 5.78 Å². The molecule has 1 aromatic rings. The van der Waals surface area contributed by atoms with Crippen LogP contribution in [0.2, 0.25) is 0 Å². The highest BCUT2D eigenvalue weighted by Crippen LogP contribution is 2.47. The lowest BCUT2D eigenvalue weighted by Gasteiger charge is -2.38. The van der Waals surface area contributed by atoms with Crippen LogP contribution < -0.4 is 10.1 Å². The Morgan fingerprint density at radius 2 is 1.60 bits per heavy atom. The molecule has 0 aromatic heterocycles. The van der Waals surface area contributed by atoms with Crippen molar-refractivity contribution in [2.45, 2.75) is 85.6 Å². The van der Waals surface area contributed by atoms with Crippen LogP contribution in [-0.4, -0.2) is 81.9 Å². The number of esters is 1. The van der Waals surface area contributed by atoms with Crippen LogP contribution >= 0.6 is 0 Å². The molecule has 0 fully saturated rings. The Morgan fingerprint density at radius 3 is 2.22 bits per heavy atom.